The van der Waals surface area contributed by atoms with Gasteiger partial charge in [-0.15, -0.1) is 0 Å². The van der Waals surface area contributed by atoms with Gasteiger partial charge in [0.2, 0.25) is 0 Å². The topological polar surface area (TPSA) is 49.3 Å². The van der Waals surface area contributed by atoms with E-state index in [0.29, 0.717) is 12.1 Å². The Hall–Kier alpha value is -1.24. The van der Waals surface area contributed by atoms with Crippen molar-refractivity contribution in [2.24, 2.45) is 0 Å². The number of alkyl halides is 3. The van der Waals surface area contributed by atoms with Crippen LogP contribution in [0.2, 0.25) is 0 Å². The zero-order valence-corrected chi connectivity index (χ0v) is 11.7. The van der Waals surface area contributed by atoms with Gasteiger partial charge >= 0.3 is 12.1 Å². The average molecular weight is 340 g/mol. The molecule has 0 amide bonds. The summed E-state index contributed by atoms with van der Waals surface area (Å²) < 4.78 is 38.0. The molecule has 0 aliphatic rings. The molecular weight excluding hydrogens is 327 g/mol. The van der Waals surface area contributed by atoms with E-state index in [4.69, 9.17) is 5.11 Å². The molecular formula is C12H13BrF3NO2. The van der Waals surface area contributed by atoms with E-state index in [-0.39, 0.29) is 16.9 Å². The molecule has 0 fully saturated rings. The molecule has 3 nitrogen and oxygen atoms in total. The first-order valence-corrected chi connectivity index (χ1v) is 6.34. The molecule has 1 unspecified atom stereocenters. The first-order chi connectivity index (χ1) is 8.70. The third kappa shape index (κ3) is 5.10. The summed E-state index contributed by atoms with van der Waals surface area (Å²) in [6.07, 6.45) is -4.12. The van der Waals surface area contributed by atoms with Crippen molar-refractivity contribution in [3.8, 4) is 0 Å². The maximum Gasteiger partial charge on any atom is 0.417 e. The molecule has 0 saturated carbocycles. The Balaban J connectivity index is 2.77. The Labute approximate surface area is 116 Å². The number of benzene rings is 1. The van der Waals surface area contributed by atoms with Gasteiger partial charge in [0, 0.05) is 22.6 Å². The molecule has 0 spiro atoms. The fourth-order valence-corrected chi connectivity index (χ4v) is 2.00. The van der Waals surface area contributed by atoms with E-state index in [1.807, 2.05) is 0 Å². The number of hydrogen-bond acceptors (Lipinski definition) is 2. The van der Waals surface area contributed by atoms with E-state index in [2.05, 4.69) is 21.2 Å². The minimum atomic E-state index is -4.43. The number of nitrogens with one attached hydrogen (secondary N) is 1. The van der Waals surface area contributed by atoms with Gasteiger partial charge in [0.25, 0.3) is 0 Å². The Bertz CT molecular complexity index is 463. The van der Waals surface area contributed by atoms with E-state index in [9.17, 15) is 18.0 Å². The third-order valence-electron chi connectivity index (χ3n) is 2.48. The monoisotopic (exact) mass is 339 g/mol. The molecule has 2 N–H and O–H groups in total. The van der Waals surface area contributed by atoms with Gasteiger partial charge in [0.15, 0.2) is 0 Å². The summed E-state index contributed by atoms with van der Waals surface area (Å²) in [7, 11) is 0. The Kier molecular flexibility index (Phi) is 5.22. The minimum absolute atomic E-state index is 0.0243. The first-order valence-electron chi connectivity index (χ1n) is 5.55. The first kappa shape index (κ1) is 15.8. The summed E-state index contributed by atoms with van der Waals surface area (Å²) in [6, 6.07) is 3.60. The zero-order chi connectivity index (χ0) is 14.6. The van der Waals surface area contributed by atoms with Crippen molar-refractivity contribution in [2.75, 3.05) is 5.32 Å². The maximum atomic E-state index is 12.7. The van der Waals surface area contributed by atoms with E-state index < -0.39 is 17.7 Å². The quantitative estimate of drug-likeness (QED) is 0.847. The van der Waals surface area contributed by atoms with Crippen LogP contribution >= 0.6 is 15.9 Å². The van der Waals surface area contributed by atoms with Gasteiger partial charge in [0.05, 0.1) is 5.56 Å². The van der Waals surface area contributed by atoms with Crippen LogP contribution in [0.4, 0.5) is 18.9 Å². The highest BCUT2D eigenvalue weighted by Gasteiger charge is 2.33. The number of anilines is 1. The average Bonchev–Trinajstić information content (AvgIpc) is 2.27. The van der Waals surface area contributed by atoms with Crippen LogP contribution in [-0.2, 0) is 11.0 Å². The molecule has 106 valence electrons. The highest BCUT2D eigenvalue weighted by atomic mass is 79.9. The summed E-state index contributed by atoms with van der Waals surface area (Å²) in [5.74, 6) is -0.930. The van der Waals surface area contributed by atoms with Crippen molar-refractivity contribution in [2.45, 2.75) is 32.0 Å². The van der Waals surface area contributed by atoms with Crippen LogP contribution < -0.4 is 5.32 Å². The summed E-state index contributed by atoms with van der Waals surface area (Å²) in [4.78, 5) is 10.4. The molecule has 0 aliphatic carbocycles. The van der Waals surface area contributed by atoms with Gasteiger partial charge in [-0.3, -0.25) is 4.79 Å². The Morgan fingerprint density at radius 2 is 2.11 bits per heavy atom. The van der Waals surface area contributed by atoms with Crippen LogP contribution in [0.25, 0.3) is 0 Å². The standard InChI is InChI=1S/C12H13BrF3NO2/c1-7(2-5-11(18)19)17-8-3-4-10(13)9(6-8)12(14,15)16/h3-4,6-7,17H,2,5H2,1H3,(H,18,19). The van der Waals surface area contributed by atoms with E-state index >= 15 is 0 Å². The van der Waals surface area contributed by atoms with Crippen LogP contribution in [0, 0.1) is 0 Å². The molecule has 0 aromatic heterocycles. The second kappa shape index (κ2) is 6.27. The zero-order valence-electron chi connectivity index (χ0n) is 10.1. The summed E-state index contributed by atoms with van der Waals surface area (Å²) in [5, 5.41) is 11.4. The molecule has 1 rings (SSSR count). The predicted octanol–water partition coefficient (Wildman–Crippen LogP) is 4.13. The van der Waals surface area contributed by atoms with Crippen molar-refractivity contribution >= 4 is 27.6 Å². The molecule has 0 saturated heterocycles. The maximum absolute atomic E-state index is 12.7. The summed E-state index contributed by atoms with van der Waals surface area (Å²) in [5.41, 5.74) is -0.448. The number of rotatable bonds is 5. The van der Waals surface area contributed by atoms with Crippen LogP contribution in [0.15, 0.2) is 22.7 Å². The SMILES string of the molecule is CC(CCC(=O)O)Nc1ccc(Br)c(C(F)(F)F)c1. The van der Waals surface area contributed by atoms with Gasteiger partial charge < -0.3 is 10.4 Å². The molecule has 1 atom stereocenters. The Morgan fingerprint density at radius 3 is 2.63 bits per heavy atom. The van der Waals surface area contributed by atoms with Gasteiger partial charge in [0.1, 0.15) is 0 Å². The lowest BCUT2D eigenvalue weighted by Gasteiger charge is -2.16. The van der Waals surface area contributed by atoms with E-state index in [0.717, 1.165) is 6.07 Å². The highest BCUT2D eigenvalue weighted by molar-refractivity contribution is 9.10. The second-order valence-electron chi connectivity index (χ2n) is 4.17. The lowest BCUT2D eigenvalue weighted by atomic mass is 10.1. The largest absolute Gasteiger partial charge is 0.481 e. The van der Waals surface area contributed by atoms with Crippen LogP contribution in [-0.4, -0.2) is 17.1 Å². The van der Waals surface area contributed by atoms with Gasteiger partial charge in [-0.05, 0) is 31.5 Å². The molecule has 1 aromatic carbocycles. The highest BCUT2D eigenvalue weighted by Crippen LogP contribution is 2.36. The fourth-order valence-electron chi connectivity index (χ4n) is 1.53. The fraction of sp³-hybridized carbons (Fsp3) is 0.417. The van der Waals surface area contributed by atoms with E-state index in [1.165, 1.54) is 12.1 Å². The molecule has 1 aromatic rings. The lowest BCUT2D eigenvalue weighted by molar-refractivity contribution is -0.138. The van der Waals surface area contributed by atoms with Crippen LogP contribution in [0.3, 0.4) is 0 Å². The molecule has 0 aliphatic heterocycles. The molecule has 0 heterocycles. The normalized spacial score (nSPS) is 13.1. The Morgan fingerprint density at radius 1 is 1.47 bits per heavy atom. The number of aliphatic carboxylic acids is 1. The van der Waals surface area contributed by atoms with Gasteiger partial charge in [-0.2, -0.15) is 13.2 Å². The number of carboxylic acids is 1. The van der Waals surface area contributed by atoms with Crippen molar-refractivity contribution < 1.29 is 23.1 Å². The number of hydrogen-bond donors (Lipinski definition) is 2. The van der Waals surface area contributed by atoms with Crippen molar-refractivity contribution in [3.63, 3.8) is 0 Å². The summed E-state index contributed by atoms with van der Waals surface area (Å²) >= 11 is 2.86. The summed E-state index contributed by atoms with van der Waals surface area (Å²) in [6.45, 7) is 1.72. The number of carbonyl (C=O) groups is 1. The van der Waals surface area contributed by atoms with Crippen LogP contribution in [0.5, 0.6) is 0 Å². The van der Waals surface area contributed by atoms with Crippen molar-refractivity contribution in [1.29, 1.82) is 0 Å². The molecule has 0 radical (unpaired) electrons. The minimum Gasteiger partial charge on any atom is -0.481 e. The smallest absolute Gasteiger partial charge is 0.417 e. The molecule has 0 bridgehead atoms. The van der Waals surface area contributed by atoms with E-state index in [1.54, 1.807) is 6.92 Å². The number of carboxylic acid groups (broad SMARTS) is 1. The molecule has 7 heteroatoms. The third-order valence-corrected chi connectivity index (χ3v) is 3.17. The predicted molar refractivity (Wildman–Crippen MR) is 69.1 cm³/mol. The van der Waals surface area contributed by atoms with Crippen LogP contribution in [0.1, 0.15) is 25.3 Å². The van der Waals surface area contributed by atoms with Crippen molar-refractivity contribution in [1.82, 2.24) is 0 Å². The lowest BCUT2D eigenvalue weighted by Crippen LogP contribution is -2.17. The van der Waals surface area contributed by atoms with Gasteiger partial charge in [-0.1, -0.05) is 15.9 Å². The molecule has 19 heavy (non-hydrogen) atoms. The van der Waals surface area contributed by atoms with Gasteiger partial charge in [-0.25, -0.2) is 0 Å². The second-order valence-corrected chi connectivity index (χ2v) is 5.02. The van der Waals surface area contributed by atoms with Crippen molar-refractivity contribution in [3.05, 3.63) is 28.2 Å². The number of halogens is 4.